The van der Waals surface area contributed by atoms with E-state index in [0.29, 0.717) is 45.6 Å². The van der Waals surface area contributed by atoms with Gasteiger partial charge >= 0.3 is 0 Å². The lowest BCUT2D eigenvalue weighted by atomic mass is 10.0. The number of benzene rings is 2. The van der Waals surface area contributed by atoms with Gasteiger partial charge in [0.25, 0.3) is 5.91 Å². The lowest BCUT2D eigenvalue weighted by molar-refractivity contribution is -0.122. The zero-order valence-corrected chi connectivity index (χ0v) is 19.5. The minimum absolute atomic E-state index is 0.137. The third-order valence-electron chi connectivity index (χ3n) is 5.58. The molecule has 2 amide bonds. The zero-order chi connectivity index (χ0) is 24.2. The van der Waals surface area contributed by atoms with Crippen molar-refractivity contribution in [2.45, 2.75) is 12.6 Å². The minimum Gasteiger partial charge on any atom is -0.497 e. The van der Waals surface area contributed by atoms with Gasteiger partial charge in [-0.3, -0.25) is 9.59 Å². The van der Waals surface area contributed by atoms with Crippen LogP contribution in [0.2, 0.25) is 5.02 Å². The van der Waals surface area contributed by atoms with Crippen LogP contribution < -0.4 is 15.4 Å². The Bertz CT molecular complexity index is 1240. The highest BCUT2D eigenvalue weighted by atomic mass is 35.5. The van der Waals surface area contributed by atoms with Crippen molar-refractivity contribution in [3.8, 4) is 17.0 Å². The third kappa shape index (κ3) is 4.80. The fourth-order valence-electron chi connectivity index (χ4n) is 3.83. The summed E-state index contributed by atoms with van der Waals surface area (Å²) >= 11 is 6.27. The van der Waals surface area contributed by atoms with Crippen LogP contribution in [0.4, 0.5) is 5.95 Å². The number of carbonyl (C=O) groups is 2. The van der Waals surface area contributed by atoms with Crippen molar-refractivity contribution in [3.63, 3.8) is 0 Å². The van der Waals surface area contributed by atoms with E-state index in [1.54, 1.807) is 44.5 Å². The molecule has 1 aromatic heterocycles. The third-order valence-corrected chi connectivity index (χ3v) is 5.85. The highest BCUT2D eigenvalue weighted by Crippen LogP contribution is 2.31. The molecule has 0 saturated carbocycles. The molecule has 0 unspecified atom stereocenters. The molecule has 2 aromatic carbocycles. The summed E-state index contributed by atoms with van der Waals surface area (Å²) in [6, 6.07) is 11.9. The predicted molar refractivity (Wildman–Crippen MR) is 128 cm³/mol. The van der Waals surface area contributed by atoms with Crippen LogP contribution in [0.25, 0.3) is 11.3 Å². The van der Waals surface area contributed by atoms with Gasteiger partial charge in [0, 0.05) is 24.7 Å². The zero-order valence-electron chi connectivity index (χ0n) is 18.7. The van der Waals surface area contributed by atoms with E-state index in [0.717, 1.165) is 5.56 Å². The number of anilines is 1. The Hall–Kier alpha value is -3.69. The normalized spacial score (nSPS) is 13.4. The van der Waals surface area contributed by atoms with Crippen molar-refractivity contribution >= 4 is 29.4 Å². The topological polar surface area (TPSA) is 117 Å². The SMILES string of the molecule is CNc1ncc(Cl)c(-c2ccc3c(c2)C(=O)N(CC(=O)N[C@H](CO)c2cccc(OC)c2)C3)n1. The number of ether oxygens (including phenoxy) is 1. The predicted octanol–water partition coefficient (Wildman–Crippen LogP) is 2.65. The first-order valence-corrected chi connectivity index (χ1v) is 11.0. The number of aliphatic hydroxyl groups is 1. The number of amides is 2. The Morgan fingerprint density at radius 2 is 2.12 bits per heavy atom. The Labute approximate surface area is 201 Å². The number of hydrogen-bond acceptors (Lipinski definition) is 7. The molecule has 0 saturated heterocycles. The fourth-order valence-corrected chi connectivity index (χ4v) is 4.03. The number of carbonyl (C=O) groups excluding carboxylic acids is 2. The van der Waals surface area contributed by atoms with E-state index in [2.05, 4.69) is 20.6 Å². The quantitative estimate of drug-likeness (QED) is 0.453. The van der Waals surface area contributed by atoms with E-state index in [-0.39, 0.29) is 25.0 Å². The van der Waals surface area contributed by atoms with Gasteiger partial charge in [0.05, 0.1) is 36.7 Å². The summed E-state index contributed by atoms with van der Waals surface area (Å²) in [5.74, 6) is 0.407. The first kappa shape index (κ1) is 23.5. The van der Waals surface area contributed by atoms with Crippen LogP contribution in [0.5, 0.6) is 5.75 Å². The summed E-state index contributed by atoms with van der Waals surface area (Å²) in [5, 5.41) is 15.8. The van der Waals surface area contributed by atoms with Crippen LogP contribution in [-0.4, -0.2) is 59.1 Å². The second kappa shape index (κ2) is 10.1. The Morgan fingerprint density at radius 1 is 1.29 bits per heavy atom. The summed E-state index contributed by atoms with van der Waals surface area (Å²) in [5.41, 5.74) is 3.21. The molecule has 0 spiro atoms. The van der Waals surface area contributed by atoms with Gasteiger partial charge in [0.2, 0.25) is 11.9 Å². The molecule has 3 aromatic rings. The van der Waals surface area contributed by atoms with Crippen LogP contribution in [0.15, 0.2) is 48.7 Å². The number of hydrogen-bond donors (Lipinski definition) is 3. The number of rotatable bonds is 8. The summed E-state index contributed by atoms with van der Waals surface area (Å²) < 4.78 is 5.21. The van der Waals surface area contributed by atoms with Crippen molar-refractivity contribution < 1.29 is 19.4 Å². The molecule has 4 rings (SSSR count). The van der Waals surface area contributed by atoms with Gasteiger partial charge in [0.1, 0.15) is 12.3 Å². The highest BCUT2D eigenvalue weighted by Gasteiger charge is 2.30. The number of aliphatic hydroxyl groups excluding tert-OH is 1. The molecule has 0 fully saturated rings. The largest absolute Gasteiger partial charge is 0.497 e. The molecule has 1 atom stereocenters. The molecular formula is C24H24ClN5O4. The standard InChI is InChI=1S/C24H24ClN5O4/c1-26-24-27-10-19(25)22(29-24)15-6-7-16-11-30(23(33)18(16)9-15)12-21(32)28-20(13-31)14-4-3-5-17(8-14)34-2/h3-10,20,31H,11-13H2,1-2H3,(H,28,32)(H,26,27,29)/t20-/m1/s1. The van der Waals surface area contributed by atoms with E-state index < -0.39 is 6.04 Å². The lowest BCUT2D eigenvalue weighted by Gasteiger charge is -2.20. The maximum absolute atomic E-state index is 13.0. The maximum atomic E-state index is 13.0. The molecule has 3 N–H and O–H groups in total. The second-order valence-electron chi connectivity index (χ2n) is 7.75. The highest BCUT2D eigenvalue weighted by molar-refractivity contribution is 6.33. The molecule has 9 nitrogen and oxygen atoms in total. The minimum atomic E-state index is -0.615. The summed E-state index contributed by atoms with van der Waals surface area (Å²) in [4.78, 5) is 35.7. The van der Waals surface area contributed by atoms with Crippen molar-refractivity contribution in [3.05, 3.63) is 70.4 Å². The first-order valence-electron chi connectivity index (χ1n) is 10.6. The van der Waals surface area contributed by atoms with Crippen molar-refractivity contribution in [2.24, 2.45) is 0 Å². The molecular weight excluding hydrogens is 458 g/mol. The average molecular weight is 482 g/mol. The first-order chi connectivity index (χ1) is 16.4. The van der Waals surface area contributed by atoms with E-state index >= 15 is 0 Å². The van der Waals surface area contributed by atoms with Gasteiger partial charge in [-0.2, -0.15) is 0 Å². The van der Waals surface area contributed by atoms with E-state index in [9.17, 15) is 14.7 Å². The Balaban J connectivity index is 1.47. The van der Waals surface area contributed by atoms with Gasteiger partial charge in [-0.1, -0.05) is 35.9 Å². The maximum Gasteiger partial charge on any atom is 0.254 e. The molecule has 0 aliphatic carbocycles. The molecule has 0 radical (unpaired) electrons. The molecule has 1 aliphatic heterocycles. The molecule has 34 heavy (non-hydrogen) atoms. The van der Waals surface area contributed by atoms with Crippen LogP contribution in [0.3, 0.4) is 0 Å². The van der Waals surface area contributed by atoms with Gasteiger partial charge in [-0.15, -0.1) is 0 Å². The number of nitrogens with zero attached hydrogens (tertiary/aromatic N) is 3. The van der Waals surface area contributed by atoms with E-state index in [4.69, 9.17) is 16.3 Å². The summed E-state index contributed by atoms with van der Waals surface area (Å²) in [6.45, 7) is -0.115. The summed E-state index contributed by atoms with van der Waals surface area (Å²) in [7, 11) is 3.25. The number of methoxy groups -OCH3 is 1. The van der Waals surface area contributed by atoms with E-state index in [1.807, 2.05) is 12.1 Å². The fraction of sp³-hybridized carbons (Fsp3) is 0.250. The second-order valence-corrected chi connectivity index (χ2v) is 8.16. The lowest BCUT2D eigenvalue weighted by Crippen LogP contribution is -2.40. The average Bonchev–Trinajstić information content (AvgIpc) is 3.17. The number of halogens is 1. The van der Waals surface area contributed by atoms with Gasteiger partial charge in [-0.25, -0.2) is 9.97 Å². The Kier molecular flexibility index (Phi) is 6.95. The van der Waals surface area contributed by atoms with Crippen LogP contribution in [-0.2, 0) is 11.3 Å². The Morgan fingerprint density at radius 3 is 2.85 bits per heavy atom. The molecule has 176 valence electrons. The number of nitrogens with one attached hydrogen (secondary N) is 2. The van der Waals surface area contributed by atoms with Crippen molar-refractivity contribution in [2.75, 3.05) is 32.6 Å². The van der Waals surface area contributed by atoms with Crippen molar-refractivity contribution in [1.29, 1.82) is 0 Å². The number of aromatic nitrogens is 2. The van der Waals surface area contributed by atoms with Crippen LogP contribution >= 0.6 is 11.6 Å². The number of fused-ring (bicyclic) bond motifs is 1. The smallest absolute Gasteiger partial charge is 0.254 e. The monoisotopic (exact) mass is 481 g/mol. The van der Waals surface area contributed by atoms with Gasteiger partial charge in [-0.05, 0) is 29.3 Å². The molecule has 2 heterocycles. The van der Waals surface area contributed by atoms with Gasteiger partial charge < -0.3 is 25.4 Å². The molecule has 1 aliphatic rings. The van der Waals surface area contributed by atoms with Crippen LogP contribution in [0.1, 0.15) is 27.5 Å². The summed E-state index contributed by atoms with van der Waals surface area (Å²) in [6.07, 6.45) is 1.50. The van der Waals surface area contributed by atoms with Gasteiger partial charge in [0.15, 0.2) is 0 Å². The van der Waals surface area contributed by atoms with Crippen LogP contribution in [0, 0.1) is 0 Å². The van der Waals surface area contributed by atoms with E-state index in [1.165, 1.54) is 11.1 Å². The molecule has 0 bridgehead atoms. The van der Waals surface area contributed by atoms with Crippen molar-refractivity contribution in [1.82, 2.24) is 20.2 Å². The molecule has 10 heteroatoms.